The van der Waals surface area contributed by atoms with Crippen LogP contribution >= 0.6 is 0 Å². The lowest BCUT2D eigenvalue weighted by molar-refractivity contribution is 0.281. The van der Waals surface area contributed by atoms with Gasteiger partial charge in [-0.1, -0.05) is 30.3 Å². The molecule has 0 radical (unpaired) electrons. The van der Waals surface area contributed by atoms with Crippen molar-refractivity contribution >= 4 is 10.0 Å². The Morgan fingerprint density at radius 2 is 1.78 bits per heavy atom. The topological polar surface area (TPSA) is 57.6 Å². The molecule has 0 aromatic heterocycles. The van der Waals surface area contributed by atoms with Crippen LogP contribution in [0.2, 0.25) is 0 Å². The van der Waals surface area contributed by atoms with E-state index in [4.69, 9.17) is 5.11 Å². The molecule has 0 amide bonds. The van der Waals surface area contributed by atoms with Crippen molar-refractivity contribution in [3.8, 4) is 0 Å². The lowest BCUT2D eigenvalue weighted by atomic mass is 10.2. The van der Waals surface area contributed by atoms with Gasteiger partial charge in [-0.25, -0.2) is 12.7 Å². The summed E-state index contributed by atoms with van der Waals surface area (Å²) in [5, 5.41) is 8.65. The molecule has 1 rings (SSSR count). The van der Waals surface area contributed by atoms with Gasteiger partial charge in [-0.15, -0.1) is 0 Å². The fraction of sp³-hybridized carbons (Fsp3) is 0.538. The van der Waals surface area contributed by atoms with Gasteiger partial charge in [0, 0.05) is 20.2 Å². The normalized spacial score (nSPS) is 11.9. The number of rotatable bonds is 8. The monoisotopic (exact) mass is 271 g/mol. The van der Waals surface area contributed by atoms with Crippen molar-refractivity contribution in [2.24, 2.45) is 0 Å². The summed E-state index contributed by atoms with van der Waals surface area (Å²) in [7, 11) is -1.62. The highest BCUT2D eigenvalue weighted by atomic mass is 32.2. The van der Waals surface area contributed by atoms with E-state index in [1.54, 1.807) is 7.05 Å². The molecule has 0 aliphatic carbocycles. The molecule has 0 saturated carbocycles. The second-order valence-electron chi connectivity index (χ2n) is 4.35. The summed E-state index contributed by atoms with van der Waals surface area (Å²) in [6.07, 6.45) is 2.36. The highest BCUT2D eigenvalue weighted by molar-refractivity contribution is 7.88. The Balaban J connectivity index is 2.47. The SMILES string of the molecule is CN(CCCCCO)S(=O)(=O)Cc1ccccc1. The molecule has 0 bridgehead atoms. The number of hydrogen-bond donors (Lipinski definition) is 1. The summed E-state index contributed by atoms with van der Waals surface area (Å²) >= 11 is 0. The van der Waals surface area contributed by atoms with Crippen molar-refractivity contribution in [2.45, 2.75) is 25.0 Å². The molecule has 0 spiro atoms. The molecule has 0 aliphatic heterocycles. The molecular formula is C13H21NO3S. The largest absolute Gasteiger partial charge is 0.396 e. The summed E-state index contributed by atoms with van der Waals surface area (Å²) in [5.74, 6) is 0.0460. The van der Waals surface area contributed by atoms with Gasteiger partial charge in [-0.3, -0.25) is 0 Å². The van der Waals surface area contributed by atoms with E-state index in [1.165, 1.54) is 4.31 Å². The van der Waals surface area contributed by atoms with Crippen LogP contribution < -0.4 is 0 Å². The molecule has 0 heterocycles. The minimum atomic E-state index is -3.23. The predicted molar refractivity (Wildman–Crippen MR) is 72.6 cm³/mol. The molecule has 1 N–H and O–H groups in total. The highest BCUT2D eigenvalue weighted by Gasteiger charge is 2.17. The van der Waals surface area contributed by atoms with Crippen molar-refractivity contribution < 1.29 is 13.5 Å². The average Bonchev–Trinajstić information content (AvgIpc) is 2.35. The van der Waals surface area contributed by atoms with Crippen molar-refractivity contribution in [3.63, 3.8) is 0 Å². The van der Waals surface area contributed by atoms with Crippen LogP contribution in [0.1, 0.15) is 24.8 Å². The number of nitrogens with zero attached hydrogens (tertiary/aromatic N) is 1. The molecular weight excluding hydrogens is 250 g/mol. The smallest absolute Gasteiger partial charge is 0.218 e. The molecule has 0 aliphatic rings. The third-order valence-electron chi connectivity index (χ3n) is 2.80. The Morgan fingerprint density at radius 3 is 2.39 bits per heavy atom. The molecule has 1 aromatic carbocycles. The lowest BCUT2D eigenvalue weighted by Crippen LogP contribution is -2.29. The minimum absolute atomic E-state index is 0.0460. The van der Waals surface area contributed by atoms with Crippen LogP contribution in [0.3, 0.4) is 0 Å². The lowest BCUT2D eigenvalue weighted by Gasteiger charge is -2.17. The fourth-order valence-electron chi connectivity index (χ4n) is 1.66. The predicted octanol–water partition coefficient (Wildman–Crippen LogP) is 1.61. The van der Waals surface area contributed by atoms with E-state index in [9.17, 15) is 8.42 Å². The molecule has 102 valence electrons. The Labute approximate surface area is 109 Å². The van der Waals surface area contributed by atoms with Gasteiger partial charge >= 0.3 is 0 Å². The van der Waals surface area contributed by atoms with Crippen LogP contribution in [-0.2, 0) is 15.8 Å². The fourth-order valence-corrected chi connectivity index (χ4v) is 2.90. The molecule has 1 aromatic rings. The molecule has 0 unspecified atom stereocenters. The molecule has 0 fully saturated rings. The summed E-state index contributed by atoms with van der Waals surface area (Å²) < 4.78 is 25.5. The quantitative estimate of drug-likeness (QED) is 0.731. The summed E-state index contributed by atoms with van der Waals surface area (Å²) in [6, 6.07) is 9.18. The van der Waals surface area contributed by atoms with Crippen molar-refractivity contribution in [1.82, 2.24) is 4.31 Å². The zero-order valence-electron chi connectivity index (χ0n) is 10.7. The summed E-state index contributed by atoms with van der Waals surface area (Å²) in [4.78, 5) is 0. The molecule has 5 heteroatoms. The average molecular weight is 271 g/mol. The maximum Gasteiger partial charge on any atom is 0.218 e. The van der Waals surface area contributed by atoms with Crippen molar-refractivity contribution in [1.29, 1.82) is 0 Å². The minimum Gasteiger partial charge on any atom is -0.396 e. The number of sulfonamides is 1. The van der Waals surface area contributed by atoms with Gasteiger partial charge in [0.1, 0.15) is 0 Å². The van der Waals surface area contributed by atoms with Crippen LogP contribution in [0.5, 0.6) is 0 Å². The first-order chi connectivity index (χ1) is 8.56. The third-order valence-corrected chi connectivity index (χ3v) is 4.63. The van der Waals surface area contributed by atoms with Gasteiger partial charge in [-0.05, 0) is 24.8 Å². The Morgan fingerprint density at radius 1 is 1.11 bits per heavy atom. The van der Waals surface area contributed by atoms with Crippen LogP contribution in [0.4, 0.5) is 0 Å². The third kappa shape index (κ3) is 5.16. The molecule has 4 nitrogen and oxygen atoms in total. The van der Waals surface area contributed by atoms with E-state index in [-0.39, 0.29) is 12.4 Å². The number of unbranched alkanes of at least 4 members (excludes halogenated alkanes) is 2. The summed E-state index contributed by atoms with van der Waals surface area (Å²) in [5.41, 5.74) is 0.805. The van der Waals surface area contributed by atoms with Crippen molar-refractivity contribution in [2.75, 3.05) is 20.2 Å². The second-order valence-corrected chi connectivity index (χ2v) is 6.42. The van der Waals surface area contributed by atoms with E-state index in [0.29, 0.717) is 6.54 Å². The Kier molecular flexibility index (Phi) is 6.32. The van der Waals surface area contributed by atoms with Crippen LogP contribution in [0.15, 0.2) is 30.3 Å². The van der Waals surface area contributed by atoms with Gasteiger partial charge in [-0.2, -0.15) is 0 Å². The molecule has 0 saturated heterocycles. The van der Waals surface area contributed by atoms with E-state index in [1.807, 2.05) is 30.3 Å². The summed E-state index contributed by atoms with van der Waals surface area (Å²) in [6.45, 7) is 0.676. The Hall–Kier alpha value is -0.910. The maximum absolute atomic E-state index is 12.0. The van der Waals surface area contributed by atoms with E-state index in [0.717, 1.165) is 24.8 Å². The van der Waals surface area contributed by atoms with E-state index >= 15 is 0 Å². The number of aliphatic hydroxyl groups excluding tert-OH is 1. The van der Waals surface area contributed by atoms with Crippen molar-refractivity contribution in [3.05, 3.63) is 35.9 Å². The number of hydrogen-bond acceptors (Lipinski definition) is 3. The van der Waals surface area contributed by atoms with Crippen LogP contribution in [0, 0.1) is 0 Å². The Bertz CT molecular complexity index is 431. The van der Waals surface area contributed by atoms with Gasteiger partial charge in [0.2, 0.25) is 10.0 Å². The van der Waals surface area contributed by atoms with Crippen LogP contribution in [0.25, 0.3) is 0 Å². The van der Waals surface area contributed by atoms with Gasteiger partial charge in [0.25, 0.3) is 0 Å². The first-order valence-electron chi connectivity index (χ1n) is 6.15. The second kappa shape index (κ2) is 7.51. The number of aliphatic hydroxyl groups is 1. The maximum atomic E-state index is 12.0. The molecule has 0 atom stereocenters. The van der Waals surface area contributed by atoms with E-state index in [2.05, 4.69) is 0 Å². The highest BCUT2D eigenvalue weighted by Crippen LogP contribution is 2.10. The van der Waals surface area contributed by atoms with E-state index < -0.39 is 10.0 Å². The van der Waals surface area contributed by atoms with Gasteiger partial charge in [0.05, 0.1) is 5.75 Å². The zero-order valence-corrected chi connectivity index (χ0v) is 11.6. The first-order valence-corrected chi connectivity index (χ1v) is 7.76. The zero-order chi connectivity index (χ0) is 13.4. The first kappa shape index (κ1) is 15.1. The van der Waals surface area contributed by atoms with Crippen LogP contribution in [-0.4, -0.2) is 38.0 Å². The molecule has 18 heavy (non-hydrogen) atoms. The van der Waals surface area contributed by atoms with Gasteiger partial charge < -0.3 is 5.11 Å². The standard InChI is InChI=1S/C13H21NO3S/c1-14(10-6-3-7-11-15)18(16,17)12-13-8-4-2-5-9-13/h2,4-5,8-9,15H,3,6-7,10-12H2,1H3. The van der Waals surface area contributed by atoms with Gasteiger partial charge in [0.15, 0.2) is 0 Å². The number of benzene rings is 1.